The molecule has 0 bridgehead atoms. The third-order valence-electron chi connectivity index (χ3n) is 5.57. The van der Waals surface area contributed by atoms with E-state index in [-0.39, 0.29) is 33.7 Å². The van der Waals surface area contributed by atoms with Gasteiger partial charge in [-0.2, -0.15) is 0 Å². The number of thiazole rings is 1. The minimum Gasteiger partial charge on any atom is -0.486 e. The van der Waals surface area contributed by atoms with Gasteiger partial charge < -0.3 is 14.8 Å². The number of benzene rings is 2. The number of anilines is 2. The number of nitrogens with zero attached hydrogens (tertiary/aromatic N) is 2. The van der Waals surface area contributed by atoms with Gasteiger partial charge in [0.2, 0.25) is 5.91 Å². The molecule has 0 aliphatic carbocycles. The van der Waals surface area contributed by atoms with Gasteiger partial charge >= 0.3 is 0 Å². The number of carbonyl (C=O) groups is 1. The second kappa shape index (κ2) is 8.50. The fourth-order valence-corrected chi connectivity index (χ4v) is 8.10. The Morgan fingerprint density at radius 3 is 2.60 bits per heavy atom. The number of sulfone groups is 1. The average Bonchev–Trinajstić information content (AvgIpc) is 3.17. The Balaban J connectivity index is 1.57. The van der Waals surface area contributed by atoms with Crippen molar-refractivity contribution in [3.63, 3.8) is 0 Å². The van der Waals surface area contributed by atoms with Crippen LogP contribution < -0.4 is 19.1 Å². The van der Waals surface area contributed by atoms with Crippen LogP contribution >= 0.6 is 11.3 Å². The molecule has 0 atom stereocenters. The quantitative estimate of drug-likeness (QED) is 0.539. The number of aromatic nitrogens is 1. The number of aryl methyl sites for hydroxylation is 1. The van der Waals surface area contributed by atoms with Crippen LogP contribution in [0.25, 0.3) is 10.4 Å². The molecule has 3 heterocycles. The number of sulfonamides is 1. The van der Waals surface area contributed by atoms with Crippen LogP contribution in [0.3, 0.4) is 0 Å². The summed E-state index contributed by atoms with van der Waals surface area (Å²) < 4.78 is 65.1. The van der Waals surface area contributed by atoms with Crippen molar-refractivity contribution in [2.24, 2.45) is 0 Å². The van der Waals surface area contributed by atoms with E-state index in [9.17, 15) is 21.6 Å². The molecular formula is C22H21N3O7S3. The molecule has 0 fully saturated rings. The third kappa shape index (κ3) is 4.23. The summed E-state index contributed by atoms with van der Waals surface area (Å²) in [6.45, 7) is 3.61. The molecule has 2 aliphatic rings. The summed E-state index contributed by atoms with van der Waals surface area (Å²) in [6, 6.07) is 8.97. The number of rotatable bonds is 4. The highest BCUT2D eigenvalue weighted by Crippen LogP contribution is 2.41. The van der Waals surface area contributed by atoms with E-state index in [1.165, 1.54) is 48.6 Å². The lowest BCUT2D eigenvalue weighted by Gasteiger charge is -2.31. The lowest BCUT2D eigenvalue weighted by atomic mass is 10.1. The molecule has 1 aromatic heterocycles. The Bertz CT molecular complexity index is 1560. The monoisotopic (exact) mass is 535 g/mol. The van der Waals surface area contributed by atoms with Crippen LogP contribution in [0.4, 0.5) is 10.8 Å². The molecule has 5 rings (SSSR count). The zero-order chi connectivity index (χ0) is 25.0. The summed E-state index contributed by atoms with van der Waals surface area (Å²) in [6.07, 6.45) is 0. The van der Waals surface area contributed by atoms with Gasteiger partial charge in [-0.05, 0) is 36.8 Å². The highest BCUT2D eigenvalue weighted by molar-refractivity contribution is 7.94. The van der Waals surface area contributed by atoms with Crippen molar-refractivity contribution >= 4 is 47.9 Å². The molecule has 1 N–H and O–H groups in total. The Labute approximate surface area is 206 Å². The summed E-state index contributed by atoms with van der Waals surface area (Å²) in [5, 5.41) is 3.02. The van der Waals surface area contributed by atoms with E-state index in [4.69, 9.17) is 9.47 Å². The molecule has 10 nitrogen and oxygen atoms in total. The van der Waals surface area contributed by atoms with Gasteiger partial charge in [0.15, 0.2) is 26.5 Å². The SMILES string of the molecule is CC(=O)Nc1nc(C)c(-c2ccc3c(c2)S(=O)(=O)CCN3S(=O)(=O)c2ccc3c(c2)OCCO3)s1. The van der Waals surface area contributed by atoms with Crippen LogP contribution in [0, 0.1) is 6.92 Å². The van der Waals surface area contributed by atoms with Gasteiger partial charge in [0, 0.05) is 19.5 Å². The zero-order valence-electron chi connectivity index (χ0n) is 18.8. The van der Waals surface area contributed by atoms with E-state index in [0.717, 1.165) is 4.31 Å². The van der Waals surface area contributed by atoms with Gasteiger partial charge in [0.25, 0.3) is 10.0 Å². The molecule has 0 radical (unpaired) electrons. The molecule has 35 heavy (non-hydrogen) atoms. The van der Waals surface area contributed by atoms with Gasteiger partial charge in [0.05, 0.1) is 31.8 Å². The Morgan fingerprint density at radius 2 is 1.86 bits per heavy atom. The Hall–Kier alpha value is -3.16. The maximum absolute atomic E-state index is 13.5. The van der Waals surface area contributed by atoms with Crippen molar-refractivity contribution in [2.45, 2.75) is 23.6 Å². The lowest BCUT2D eigenvalue weighted by molar-refractivity contribution is -0.114. The minimum absolute atomic E-state index is 0.0191. The summed E-state index contributed by atoms with van der Waals surface area (Å²) in [5.41, 5.74) is 1.27. The molecule has 0 unspecified atom stereocenters. The summed E-state index contributed by atoms with van der Waals surface area (Å²) >= 11 is 1.21. The van der Waals surface area contributed by atoms with E-state index in [1.807, 2.05) is 0 Å². The summed E-state index contributed by atoms with van der Waals surface area (Å²) in [7, 11) is -7.80. The smallest absolute Gasteiger partial charge is 0.264 e. The molecule has 0 saturated carbocycles. The normalized spacial score (nSPS) is 16.5. The predicted octanol–water partition coefficient (Wildman–Crippen LogP) is 2.83. The Morgan fingerprint density at radius 1 is 1.11 bits per heavy atom. The van der Waals surface area contributed by atoms with E-state index >= 15 is 0 Å². The van der Waals surface area contributed by atoms with Crippen molar-refractivity contribution in [1.29, 1.82) is 0 Å². The van der Waals surface area contributed by atoms with Crippen molar-refractivity contribution in [1.82, 2.24) is 4.98 Å². The van der Waals surface area contributed by atoms with Crippen LogP contribution in [0.1, 0.15) is 12.6 Å². The molecule has 0 spiro atoms. The van der Waals surface area contributed by atoms with Crippen LogP contribution in [-0.2, 0) is 24.7 Å². The molecular weight excluding hydrogens is 514 g/mol. The van der Waals surface area contributed by atoms with Crippen LogP contribution in [-0.4, -0.2) is 53.2 Å². The number of carbonyl (C=O) groups excluding carboxylic acids is 1. The molecule has 1 amide bonds. The van der Waals surface area contributed by atoms with Crippen LogP contribution in [0.5, 0.6) is 11.5 Å². The number of hydrogen-bond donors (Lipinski definition) is 1. The lowest BCUT2D eigenvalue weighted by Crippen LogP contribution is -2.39. The van der Waals surface area contributed by atoms with Crippen molar-refractivity contribution in [2.75, 3.05) is 35.1 Å². The summed E-state index contributed by atoms with van der Waals surface area (Å²) in [5.74, 6) is 0.165. The first-order valence-corrected chi connectivity index (χ1v) is 14.5. The van der Waals surface area contributed by atoms with Crippen molar-refractivity contribution in [3.8, 4) is 21.9 Å². The first-order valence-electron chi connectivity index (χ1n) is 10.6. The maximum Gasteiger partial charge on any atom is 0.264 e. The average molecular weight is 536 g/mol. The number of fused-ring (bicyclic) bond motifs is 2. The molecule has 184 valence electrons. The molecule has 2 aliphatic heterocycles. The second-order valence-corrected chi connectivity index (χ2v) is 12.9. The number of amides is 1. The highest BCUT2D eigenvalue weighted by Gasteiger charge is 2.36. The molecule has 13 heteroatoms. The Kier molecular flexibility index (Phi) is 5.73. The van der Waals surface area contributed by atoms with Gasteiger partial charge in [-0.15, -0.1) is 0 Å². The van der Waals surface area contributed by atoms with Gasteiger partial charge in [-0.25, -0.2) is 21.8 Å². The fourth-order valence-electron chi connectivity index (χ4n) is 3.97. The number of hydrogen-bond acceptors (Lipinski definition) is 9. The van der Waals surface area contributed by atoms with E-state index in [2.05, 4.69) is 10.3 Å². The topological polar surface area (TPSA) is 132 Å². The number of ether oxygens (including phenoxy) is 2. The molecule has 3 aromatic rings. The molecule has 0 saturated heterocycles. The van der Waals surface area contributed by atoms with E-state index in [1.54, 1.807) is 13.0 Å². The second-order valence-electron chi connectivity index (χ2n) is 8.00. The van der Waals surface area contributed by atoms with Gasteiger partial charge in [0.1, 0.15) is 13.2 Å². The third-order valence-corrected chi connectivity index (χ3v) is 10.2. The van der Waals surface area contributed by atoms with Crippen molar-refractivity contribution in [3.05, 3.63) is 42.1 Å². The van der Waals surface area contributed by atoms with Crippen molar-refractivity contribution < 1.29 is 31.1 Å². The van der Waals surface area contributed by atoms with Crippen LogP contribution in [0.2, 0.25) is 0 Å². The highest BCUT2D eigenvalue weighted by atomic mass is 32.2. The van der Waals surface area contributed by atoms with Gasteiger partial charge in [-0.1, -0.05) is 17.4 Å². The fraction of sp³-hybridized carbons (Fsp3) is 0.273. The number of nitrogens with one attached hydrogen (secondary N) is 1. The van der Waals surface area contributed by atoms with E-state index in [0.29, 0.717) is 46.0 Å². The maximum atomic E-state index is 13.5. The van der Waals surface area contributed by atoms with E-state index < -0.39 is 19.9 Å². The summed E-state index contributed by atoms with van der Waals surface area (Å²) in [4.78, 5) is 16.3. The van der Waals surface area contributed by atoms with Gasteiger partial charge in [-0.3, -0.25) is 9.10 Å². The standard InChI is InChI=1S/C22H21N3O7S3/c1-13-21(33-22(23-13)24-14(2)26)15-3-5-17-20(11-15)34(27,28)10-7-25(17)35(29,30)16-4-6-18-19(12-16)32-9-8-31-18/h3-6,11-12H,7-10H2,1-2H3,(H,23,24,26). The minimum atomic E-state index is -4.08. The first kappa shape index (κ1) is 23.6. The zero-order valence-corrected chi connectivity index (χ0v) is 21.2. The largest absolute Gasteiger partial charge is 0.486 e. The van der Waals surface area contributed by atoms with Crippen LogP contribution in [0.15, 0.2) is 46.2 Å². The predicted molar refractivity (Wildman–Crippen MR) is 131 cm³/mol. The first-order chi connectivity index (χ1) is 16.6. The molecule has 2 aromatic carbocycles.